The second-order valence-electron chi connectivity index (χ2n) is 6.57. The van der Waals surface area contributed by atoms with Crippen molar-refractivity contribution in [1.82, 2.24) is 9.55 Å². The van der Waals surface area contributed by atoms with Gasteiger partial charge < -0.3 is 15.0 Å². The van der Waals surface area contributed by atoms with Crippen molar-refractivity contribution in [2.24, 2.45) is 11.7 Å². The van der Waals surface area contributed by atoms with Gasteiger partial charge in [-0.05, 0) is 32.6 Å². The van der Waals surface area contributed by atoms with Crippen LogP contribution < -0.4 is 5.73 Å². The summed E-state index contributed by atoms with van der Waals surface area (Å²) in [6.45, 7) is 10.3. The molecule has 1 saturated heterocycles. The molecule has 1 aromatic rings. The zero-order valence-corrected chi connectivity index (χ0v) is 12.6. The maximum atomic E-state index is 5.95. The van der Waals surface area contributed by atoms with Crippen LogP contribution in [-0.2, 0) is 4.74 Å². The molecule has 0 spiro atoms. The Morgan fingerprint density at radius 1 is 1.53 bits per heavy atom. The summed E-state index contributed by atoms with van der Waals surface area (Å²) in [5.74, 6) is 0.918. The van der Waals surface area contributed by atoms with Crippen LogP contribution in [0.5, 0.6) is 0 Å². The number of hydrogen-bond donors (Lipinski definition) is 1. The van der Waals surface area contributed by atoms with Gasteiger partial charge in [0.05, 0.1) is 11.9 Å². The lowest BCUT2D eigenvalue weighted by Crippen LogP contribution is -2.36. The summed E-state index contributed by atoms with van der Waals surface area (Å²) >= 11 is 0. The second-order valence-corrected chi connectivity index (χ2v) is 6.57. The summed E-state index contributed by atoms with van der Waals surface area (Å²) in [6, 6.07) is 0.481. The van der Waals surface area contributed by atoms with Crippen LogP contribution in [0.25, 0.3) is 0 Å². The molecule has 0 amide bonds. The Bertz CT molecular complexity index is 411. The first-order valence-electron chi connectivity index (χ1n) is 7.30. The molecule has 0 aromatic carbocycles. The molecule has 0 bridgehead atoms. The smallest absolute Gasteiger partial charge is 0.0950 e. The first-order valence-corrected chi connectivity index (χ1v) is 7.30. The van der Waals surface area contributed by atoms with Crippen molar-refractivity contribution < 1.29 is 4.74 Å². The Morgan fingerprint density at radius 2 is 2.26 bits per heavy atom. The average Bonchev–Trinajstić information content (AvgIpc) is 2.77. The van der Waals surface area contributed by atoms with E-state index in [0.29, 0.717) is 24.4 Å². The second kappa shape index (κ2) is 5.63. The molecule has 0 saturated carbocycles. The van der Waals surface area contributed by atoms with Crippen LogP contribution in [0, 0.1) is 5.92 Å². The molecule has 4 nitrogen and oxygen atoms in total. The van der Waals surface area contributed by atoms with E-state index in [-0.39, 0.29) is 5.60 Å². The van der Waals surface area contributed by atoms with Crippen LogP contribution in [0.4, 0.5) is 0 Å². The number of ether oxygens (including phenoxy) is 1. The number of nitrogens with two attached hydrogens (primary N) is 1. The normalized spacial score (nSPS) is 24.6. The summed E-state index contributed by atoms with van der Waals surface area (Å²) in [6.07, 6.45) is 6.04. The third kappa shape index (κ3) is 3.18. The van der Waals surface area contributed by atoms with Crippen LogP contribution in [0.1, 0.15) is 58.2 Å². The number of aromatic nitrogens is 2. The van der Waals surface area contributed by atoms with Crippen LogP contribution in [-0.4, -0.2) is 28.3 Å². The third-order valence-corrected chi connectivity index (χ3v) is 4.20. The van der Waals surface area contributed by atoms with E-state index in [9.17, 15) is 0 Å². The Balaban J connectivity index is 2.24. The summed E-state index contributed by atoms with van der Waals surface area (Å²) in [7, 11) is 0. The molecule has 4 heteroatoms. The summed E-state index contributed by atoms with van der Waals surface area (Å²) < 4.78 is 8.14. The highest BCUT2D eigenvalue weighted by atomic mass is 16.5. The van der Waals surface area contributed by atoms with Gasteiger partial charge in [-0.1, -0.05) is 13.8 Å². The number of nitrogens with zero attached hydrogens (tertiary/aromatic N) is 2. The van der Waals surface area contributed by atoms with Gasteiger partial charge in [-0.25, -0.2) is 4.98 Å². The Morgan fingerprint density at radius 3 is 2.84 bits per heavy atom. The fourth-order valence-corrected chi connectivity index (χ4v) is 3.08. The zero-order valence-electron chi connectivity index (χ0n) is 12.6. The number of imidazole rings is 1. The summed E-state index contributed by atoms with van der Waals surface area (Å²) in [5, 5.41) is 0. The molecule has 1 aromatic heterocycles. The van der Waals surface area contributed by atoms with Crippen molar-refractivity contribution in [2.45, 2.75) is 58.1 Å². The number of rotatable bonds is 4. The van der Waals surface area contributed by atoms with Crippen molar-refractivity contribution in [3.05, 3.63) is 18.2 Å². The van der Waals surface area contributed by atoms with Crippen molar-refractivity contribution in [3.8, 4) is 0 Å². The average molecular weight is 265 g/mol. The fourth-order valence-electron chi connectivity index (χ4n) is 3.08. The fraction of sp³-hybridized carbons (Fsp3) is 0.800. The van der Waals surface area contributed by atoms with Crippen LogP contribution in [0.15, 0.2) is 12.5 Å². The predicted octanol–water partition coefficient (Wildman–Crippen LogP) is 2.71. The third-order valence-electron chi connectivity index (χ3n) is 4.20. The van der Waals surface area contributed by atoms with E-state index in [2.05, 4.69) is 37.2 Å². The van der Waals surface area contributed by atoms with E-state index in [1.54, 1.807) is 0 Å². The van der Waals surface area contributed by atoms with Gasteiger partial charge >= 0.3 is 0 Å². The maximum absolute atomic E-state index is 5.95. The van der Waals surface area contributed by atoms with Gasteiger partial charge in [0.1, 0.15) is 0 Å². The van der Waals surface area contributed by atoms with Gasteiger partial charge in [0, 0.05) is 37.0 Å². The molecule has 1 aliphatic heterocycles. The molecule has 2 heterocycles. The highest BCUT2D eigenvalue weighted by Gasteiger charge is 2.31. The van der Waals surface area contributed by atoms with Crippen molar-refractivity contribution in [3.63, 3.8) is 0 Å². The quantitative estimate of drug-likeness (QED) is 0.910. The van der Waals surface area contributed by atoms with Crippen molar-refractivity contribution in [1.29, 1.82) is 0 Å². The molecule has 1 fully saturated rings. The minimum Gasteiger partial charge on any atom is -0.375 e. The lowest BCUT2D eigenvalue weighted by Gasteiger charge is -2.37. The summed E-state index contributed by atoms with van der Waals surface area (Å²) in [5.41, 5.74) is 7.19. The van der Waals surface area contributed by atoms with Crippen LogP contribution in [0.3, 0.4) is 0 Å². The van der Waals surface area contributed by atoms with E-state index < -0.39 is 0 Å². The molecular weight excluding hydrogens is 238 g/mol. The van der Waals surface area contributed by atoms with E-state index >= 15 is 0 Å². The van der Waals surface area contributed by atoms with Crippen LogP contribution >= 0.6 is 0 Å². The van der Waals surface area contributed by atoms with Gasteiger partial charge in [0.2, 0.25) is 0 Å². The van der Waals surface area contributed by atoms with Gasteiger partial charge in [-0.3, -0.25) is 0 Å². The molecule has 1 aliphatic rings. The molecule has 2 rings (SSSR count). The SMILES string of the molecule is CC(C)C(CN)c1cncn1C1CCOC(C)(C)C1. The van der Waals surface area contributed by atoms with E-state index in [0.717, 1.165) is 19.4 Å². The first kappa shape index (κ1) is 14.5. The lowest BCUT2D eigenvalue weighted by atomic mass is 9.90. The van der Waals surface area contributed by atoms with E-state index in [1.165, 1.54) is 5.69 Å². The molecule has 0 aliphatic carbocycles. The van der Waals surface area contributed by atoms with Crippen LogP contribution in [0.2, 0.25) is 0 Å². The largest absolute Gasteiger partial charge is 0.375 e. The molecule has 2 N–H and O–H groups in total. The van der Waals surface area contributed by atoms with E-state index in [4.69, 9.17) is 10.5 Å². The molecule has 2 unspecified atom stereocenters. The minimum absolute atomic E-state index is 0.0412. The molecule has 108 valence electrons. The molecule has 19 heavy (non-hydrogen) atoms. The van der Waals surface area contributed by atoms with Crippen molar-refractivity contribution in [2.75, 3.05) is 13.2 Å². The van der Waals surface area contributed by atoms with Gasteiger partial charge in [0.25, 0.3) is 0 Å². The first-order chi connectivity index (χ1) is 8.94. The standard InChI is InChI=1S/C15H27N3O/c1-11(2)13(8-16)14-9-17-10-18(14)12-5-6-19-15(3,4)7-12/h9-13H,5-8,16H2,1-4H3. The zero-order chi connectivity index (χ0) is 14.0. The topological polar surface area (TPSA) is 53.1 Å². The van der Waals surface area contributed by atoms with Crippen molar-refractivity contribution >= 4 is 0 Å². The Kier molecular flexibility index (Phi) is 4.31. The van der Waals surface area contributed by atoms with E-state index in [1.807, 2.05) is 12.5 Å². The summed E-state index contributed by atoms with van der Waals surface area (Å²) in [4.78, 5) is 4.36. The highest BCUT2D eigenvalue weighted by Crippen LogP contribution is 2.35. The van der Waals surface area contributed by atoms with Gasteiger partial charge in [-0.2, -0.15) is 0 Å². The minimum atomic E-state index is -0.0412. The monoisotopic (exact) mass is 265 g/mol. The molecule has 2 atom stereocenters. The van der Waals surface area contributed by atoms with Gasteiger partial charge in [0.15, 0.2) is 0 Å². The highest BCUT2D eigenvalue weighted by molar-refractivity contribution is 5.10. The predicted molar refractivity (Wildman–Crippen MR) is 77.2 cm³/mol. The van der Waals surface area contributed by atoms with Gasteiger partial charge in [-0.15, -0.1) is 0 Å². The lowest BCUT2D eigenvalue weighted by molar-refractivity contribution is -0.0695. The molecule has 0 radical (unpaired) electrons. The Labute approximate surface area is 116 Å². The number of hydrogen-bond acceptors (Lipinski definition) is 3. The maximum Gasteiger partial charge on any atom is 0.0950 e. The molecular formula is C15H27N3O. The Hall–Kier alpha value is -0.870.